The first-order valence-electron chi connectivity index (χ1n) is 5.59. The van der Waals surface area contributed by atoms with Gasteiger partial charge in [-0.15, -0.1) is 11.3 Å². The standard InChI is InChI=1S/C12H19NS/c1-2-10-4-9-14-11(10)12(7-8-13)5-3-6-12/h4,9H,2-3,5-8,13H2,1H3. The molecule has 1 aliphatic rings. The second-order valence-corrected chi connectivity index (χ2v) is 5.22. The molecule has 1 aromatic rings. The Morgan fingerprint density at radius 2 is 2.29 bits per heavy atom. The van der Waals surface area contributed by atoms with Gasteiger partial charge < -0.3 is 5.73 Å². The minimum absolute atomic E-state index is 0.480. The first-order valence-corrected chi connectivity index (χ1v) is 6.47. The average Bonchev–Trinajstić information content (AvgIpc) is 2.59. The van der Waals surface area contributed by atoms with Crippen LogP contribution in [-0.4, -0.2) is 6.54 Å². The second kappa shape index (κ2) is 4.03. The molecule has 14 heavy (non-hydrogen) atoms. The largest absolute Gasteiger partial charge is 0.330 e. The highest BCUT2D eigenvalue weighted by Crippen LogP contribution is 2.49. The highest BCUT2D eigenvalue weighted by atomic mass is 32.1. The molecular weight excluding hydrogens is 190 g/mol. The van der Waals surface area contributed by atoms with Crippen molar-refractivity contribution in [3.63, 3.8) is 0 Å². The Morgan fingerprint density at radius 1 is 1.50 bits per heavy atom. The van der Waals surface area contributed by atoms with Gasteiger partial charge in [0.1, 0.15) is 0 Å². The molecule has 0 amide bonds. The van der Waals surface area contributed by atoms with E-state index in [4.69, 9.17) is 5.73 Å². The minimum atomic E-state index is 0.480. The normalized spacial score (nSPS) is 19.3. The average molecular weight is 209 g/mol. The Balaban J connectivity index is 2.26. The van der Waals surface area contributed by atoms with Crippen molar-refractivity contribution in [3.8, 4) is 0 Å². The number of hydrogen-bond donors (Lipinski definition) is 1. The highest BCUT2D eigenvalue weighted by molar-refractivity contribution is 7.10. The molecular formula is C12H19NS. The van der Waals surface area contributed by atoms with Crippen LogP contribution in [0.3, 0.4) is 0 Å². The zero-order valence-corrected chi connectivity index (χ0v) is 9.70. The maximum Gasteiger partial charge on any atom is 0.0139 e. The van der Waals surface area contributed by atoms with Crippen molar-refractivity contribution >= 4 is 11.3 Å². The maximum atomic E-state index is 5.73. The van der Waals surface area contributed by atoms with E-state index in [1.54, 1.807) is 10.4 Å². The summed E-state index contributed by atoms with van der Waals surface area (Å²) in [6.07, 6.45) is 6.46. The summed E-state index contributed by atoms with van der Waals surface area (Å²) in [7, 11) is 0. The minimum Gasteiger partial charge on any atom is -0.330 e. The summed E-state index contributed by atoms with van der Waals surface area (Å²) in [6.45, 7) is 3.08. The summed E-state index contributed by atoms with van der Waals surface area (Å²) in [4.78, 5) is 1.64. The smallest absolute Gasteiger partial charge is 0.0139 e. The quantitative estimate of drug-likeness (QED) is 0.810. The van der Waals surface area contributed by atoms with Crippen LogP contribution in [0, 0.1) is 0 Å². The Kier molecular flexibility index (Phi) is 2.93. The molecule has 1 aromatic heterocycles. The Morgan fingerprint density at radius 3 is 2.79 bits per heavy atom. The molecule has 0 radical (unpaired) electrons. The summed E-state index contributed by atoms with van der Waals surface area (Å²) >= 11 is 1.94. The predicted octanol–water partition coefficient (Wildman–Crippen LogP) is 3.08. The number of aryl methyl sites for hydroxylation is 1. The molecule has 0 saturated heterocycles. The Hall–Kier alpha value is -0.340. The van der Waals surface area contributed by atoms with Crippen LogP contribution < -0.4 is 5.73 Å². The van der Waals surface area contributed by atoms with Crippen molar-refractivity contribution in [2.75, 3.05) is 6.54 Å². The van der Waals surface area contributed by atoms with Crippen LogP contribution in [-0.2, 0) is 11.8 Å². The molecule has 0 atom stereocenters. The zero-order valence-electron chi connectivity index (χ0n) is 8.88. The molecule has 1 heterocycles. The van der Waals surface area contributed by atoms with Gasteiger partial charge in [0.15, 0.2) is 0 Å². The van der Waals surface area contributed by atoms with E-state index in [9.17, 15) is 0 Å². The molecule has 0 bridgehead atoms. The third-order valence-corrected chi connectivity index (χ3v) is 4.75. The number of hydrogen-bond acceptors (Lipinski definition) is 2. The molecule has 2 rings (SSSR count). The first-order chi connectivity index (χ1) is 6.82. The van der Waals surface area contributed by atoms with Gasteiger partial charge in [0.2, 0.25) is 0 Å². The van der Waals surface area contributed by atoms with Gasteiger partial charge in [0, 0.05) is 10.3 Å². The number of thiophene rings is 1. The van der Waals surface area contributed by atoms with Gasteiger partial charge in [-0.05, 0) is 49.2 Å². The topological polar surface area (TPSA) is 26.0 Å². The van der Waals surface area contributed by atoms with Gasteiger partial charge in [-0.2, -0.15) is 0 Å². The fourth-order valence-electron chi connectivity index (χ4n) is 2.55. The van der Waals surface area contributed by atoms with Crippen molar-refractivity contribution in [2.24, 2.45) is 5.73 Å². The van der Waals surface area contributed by atoms with E-state index in [1.165, 1.54) is 32.1 Å². The molecule has 0 spiro atoms. The van der Waals surface area contributed by atoms with E-state index in [0.717, 1.165) is 6.54 Å². The fraction of sp³-hybridized carbons (Fsp3) is 0.667. The lowest BCUT2D eigenvalue weighted by molar-refractivity contribution is 0.233. The highest BCUT2D eigenvalue weighted by Gasteiger charge is 2.39. The lowest BCUT2D eigenvalue weighted by Crippen LogP contribution is -2.36. The summed E-state index contributed by atoms with van der Waals surface area (Å²) in [5.74, 6) is 0. The van der Waals surface area contributed by atoms with E-state index in [0.29, 0.717) is 5.41 Å². The van der Waals surface area contributed by atoms with Gasteiger partial charge in [-0.1, -0.05) is 13.3 Å². The van der Waals surface area contributed by atoms with Crippen LogP contribution >= 0.6 is 11.3 Å². The lowest BCUT2D eigenvalue weighted by atomic mass is 9.65. The Labute approximate surface area is 90.3 Å². The maximum absolute atomic E-state index is 5.73. The fourth-order valence-corrected chi connectivity index (χ4v) is 3.84. The van der Waals surface area contributed by atoms with Crippen LogP contribution in [0.25, 0.3) is 0 Å². The zero-order chi connectivity index (χ0) is 10.0. The Bertz CT molecular complexity index is 299. The van der Waals surface area contributed by atoms with Crippen LogP contribution in [0.5, 0.6) is 0 Å². The molecule has 2 heteroatoms. The SMILES string of the molecule is CCc1ccsc1C1(CCN)CCC1. The summed E-state index contributed by atoms with van der Waals surface area (Å²) in [5, 5.41) is 2.24. The summed E-state index contributed by atoms with van der Waals surface area (Å²) < 4.78 is 0. The van der Waals surface area contributed by atoms with E-state index in [2.05, 4.69) is 18.4 Å². The van der Waals surface area contributed by atoms with Gasteiger partial charge >= 0.3 is 0 Å². The van der Waals surface area contributed by atoms with E-state index < -0.39 is 0 Å². The van der Waals surface area contributed by atoms with Gasteiger partial charge in [0.25, 0.3) is 0 Å². The first kappa shape index (κ1) is 10.2. The van der Waals surface area contributed by atoms with Crippen molar-refractivity contribution < 1.29 is 0 Å². The third kappa shape index (κ3) is 1.51. The van der Waals surface area contributed by atoms with Gasteiger partial charge in [-0.3, -0.25) is 0 Å². The van der Waals surface area contributed by atoms with Crippen LogP contribution in [0.1, 0.15) is 43.0 Å². The third-order valence-electron chi connectivity index (χ3n) is 3.54. The van der Waals surface area contributed by atoms with Crippen molar-refractivity contribution in [1.29, 1.82) is 0 Å². The van der Waals surface area contributed by atoms with Gasteiger partial charge in [-0.25, -0.2) is 0 Å². The second-order valence-electron chi connectivity index (χ2n) is 4.30. The van der Waals surface area contributed by atoms with Crippen LogP contribution in [0.2, 0.25) is 0 Å². The summed E-state index contributed by atoms with van der Waals surface area (Å²) in [5.41, 5.74) is 7.77. The van der Waals surface area contributed by atoms with E-state index in [1.807, 2.05) is 11.3 Å². The van der Waals surface area contributed by atoms with Gasteiger partial charge in [0.05, 0.1) is 0 Å². The van der Waals surface area contributed by atoms with Crippen LogP contribution in [0.15, 0.2) is 11.4 Å². The van der Waals surface area contributed by atoms with Crippen LogP contribution in [0.4, 0.5) is 0 Å². The summed E-state index contributed by atoms with van der Waals surface area (Å²) in [6, 6.07) is 2.29. The predicted molar refractivity (Wildman–Crippen MR) is 62.9 cm³/mol. The molecule has 1 fully saturated rings. The van der Waals surface area contributed by atoms with E-state index >= 15 is 0 Å². The molecule has 0 aliphatic heterocycles. The lowest BCUT2D eigenvalue weighted by Gasteiger charge is -2.42. The monoisotopic (exact) mass is 209 g/mol. The van der Waals surface area contributed by atoms with Crippen molar-refractivity contribution in [3.05, 3.63) is 21.9 Å². The molecule has 1 saturated carbocycles. The molecule has 0 unspecified atom stereocenters. The number of nitrogens with two attached hydrogens (primary N) is 1. The van der Waals surface area contributed by atoms with Crippen molar-refractivity contribution in [1.82, 2.24) is 0 Å². The molecule has 0 aromatic carbocycles. The molecule has 1 aliphatic carbocycles. The molecule has 2 N–H and O–H groups in total. The molecule has 1 nitrogen and oxygen atoms in total. The number of rotatable bonds is 4. The molecule has 78 valence electrons. The van der Waals surface area contributed by atoms with Crippen molar-refractivity contribution in [2.45, 2.75) is 44.4 Å². The van der Waals surface area contributed by atoms with E-state index in [-0.39, 0.29) is 0 Å².